The van der Waals surface area contributed by atoms with Gasteiger partial charge in [0, 0.05) is 25.2 Å². The molecule has 1 atom stereocenters. The summed E-state index contributed by atoms with van der Waals surface area (Å²) in [6.45, 7) is 3.96. The van der Waals surface area contributed by atoms with Gasteiger partial charge in [-0.05, 0) is 26.9 Å². The molecular formula is C12H18F3N5. The van der Waals surface area contributed by atoms with Crippen LogP contribution in [0.4, 0.5) is 24.9 Å². The van der Waals surface area contributed by atoms with Gasteiger partial charge < -0.3 is 15.5 Å². The summed E-state index contributed by atoms with van der Waals surface area (Å²) < 4.78 is 38.4. The Hall–Kier alpha value is -1.57. The lowest BCUT2D eigenvalue weighted by atomic mass is 10.2. The molecule has 5 nitrogen and oxygen atoms in total. The molecule has 0 radical (unpaired) electrons. The van der Waals surface area contributed by atoms with Crippen LogP contribution in [0.25, 0.3) is 0 Å². The van der Waals surface area contributed by atoms with E-state index in [0.717, 1.165) is 25.6 Å². The highest BCUT2D eigenvalue weighted by molar-refractivity contribution is 5.44. The van der Waals surface area contributed by atoms with E-state index < -0.39 is 11.9 Å². The van der Waals surface area contributed by atoms with E-state index in [-0.39, 0.29) is 17.8 Å². The molecule has 0 amide bonds. The van der Waals surface area contributed by atoms with Crippen molar-refractivity contribution in [2.45, 2.75) is 25.6 Å². The summed E-state index contributed by atoms with van der Waals surface area (Å²) in [5.41, 5.74) is -0.933. The summed E-state index contributed by atoms with van der Waals surface area (Å²) in [5, 5.41) is 5.77. The van der Waals surface area contributed by atoms with Gasteiger partial charge in [-0.25, -0.2) is 4.98 Å². The lowest BCUT2D eigenvalue weighted by Crippen LogP contribution is -2.24. The van der Waals surface area contributed by atoms with Crippen LogP contribution in [0, 0.1) is 0 Å². The quantitative estimate of drug-likeness (QED) is 0.888. The van der Waals surface area contributed by atoms with Gasteiger partial charge in [-0.2, -0.15) is 18.2 Å². The number of hydrogen-bond donors (Lipinski definition) is 2. The number of hydrogen-bond acceptors (Lipinski definition) is 5. The number of alkyl halides is 3. The highest BCUT2D eigenvalue weighted by Crippen LogP contribution is 2.30. The van der Waals surface area contributed by atoms with E-state index in [2.05, 4.69) is 25.5 Å². The molecule has 1 unspecified atom stereocenters. The maximum atomic E-state index is 12.8. The zero-order valence-corrected chi connectivity index (χ0v) is 11.5. The molecule has 0 aliphatic carbocycles. The number of nitrogens with zero attached hydrogens (tertiary/aromatic N) is 3. The molecule has 1 saturated heterocycles. The molecule has 1 fully saturated rings. The van der Waals surface area contributed by atoms with Crippen LogP contribution < -0.4 is 10.6 Å². The maximum absolute atomic E-state index is 12.8. The van der Waals surface area contributed by atoms with Crippen molar-refractivity contribution in [3.63, 3.8) is 0 Å². The number of likely N-dealkylation sites (tertiary alicyclic amines) is 1. The van der Waals surface area contributed by atoms with Crippen molar-refractivity contribution in [2.75, 3.05) is 37.3 Å². The second-order valence-electron chi connectivity index (χ2n) is 4.88. The third-order valence-electron chi connectivity index (χ3n) is 3.09. The highest BCUT2D eigenvalue weighted by atomic mass is 19.4. The van der Waals surface area contributed by atoms with E-state index >= 15 is 0 Å². The minimum atomic E-state index is -4.48. The van der Waals surface area contributed by atoms with E-state index in [1.807, 2.05) is 7.05 Å². The predicted octanol–water partition coefficient (Wildman–Crippen LogP) is 2.04. The Bertz CT molecular complexity index is 463. The summed E-state index contributed by atoms with van der Waals surface area (Å²) >= 11 is 0. The highest BCUT2D eigenvalue weighted by Gasteiger charge is 2.34. The van der Waals surface area contributed by atoms with Gasteiger partial charge in [-0.15, -0.1) is 0 Å². The lowest BCUT2D eigenvalue weighted by Gasteiger charge is -2.16. The van der Waals surface area contributed by atoms with Crippen molar-refractivity contribution in [2.24, 2.45) is 0 Å². The molecule has 1 aromatic rings. The van der Waals surface area contributed by atoms with E-state index in [9.17, 15) is 13.2 Å². The van der Waals surface area contributed by atoms with E-state index in [1.165, 1.54) is 0 Å². The normalized spacial score (nSPS) is 20.1. The number of halogens is 3. The summed E-state index contributed by atoms with van der Waals surface area (Å²) in [4.78, 5) is 9.68. The largest absolute Gasteiger partial charge is 0.433 e. The predicted molar refractivity (Wildman–Crippen MR) is 70.7 cm³/mol. The van der Waals surface area contributed by atoms with Gasteiger partial charge in [-0.1, -0.05) is 0 Å². The van der Waals surface area contributed by atoms with Crippen molar-refractivity contribution >= 4 is 11.8 Å². The van der Waals surface area contributed by atoms with Crippen molar-refractivity contribution < 1.29 is 13.2 Å². The minimum absolute atomic E-state index is 0.00354. The first-order valence-corrected chi connectivity index (χ1v) is 6.53. The Labute approximate surface area is 115 Å². The van der Waals surface area contributed by atoms with Crippen LogP contribution >= 0.6 is 0 Å². The minimum Gasteiger partial charge on any atom is -0.366 e. The molecule has 2 rings (SSSR count). The van der Waals surface area contributed by atoms with Gasteiger partial charge in [0.1, 0.15) is 5.82 Å². The van der Waals surface area contributed by atoms with E-state index in [1.54, 1.807) is 6.92 Å². The first kappa shape index (κ1) is 14.8. The molecular weight excluding hydrogens is 271 g/mol. The van der Waals surface area contributed by atoms with Gasteiger partial charge >= 0.3 is 6.18 Å². The number of nitrogens with one attached hydrogen (secondary N) is 2. The average molecular weight is 289 g/mol. The summed E-state index contributed by atoms with van der Waals surface area (Å²) in [6.07, 6.45) is -3.59. The Morgan fingerprint density at radius 3 is 2.70 bits per heavy atom. The maximum Gasteiger partial charge on any atom is 0.433 e. The standard InChI is InChI=1S/C12H18F3N5/c1-3-16-11-18-9(12(13,14)15)6-10(19-11)17-8-4-5-20(2)7-8/h6,8H,3-5,7H2,1-2H3,(H2,16,17,18,19). The van der Waals surface area contributed by atoms with E-state index in [4.69, 9.17) is 0 Å². The summed E-state index contributed by atoms with van der Waals surface area (Å²) in [5.74, 6) is 0.208. The molecule has 20 heavy (non-hydrogen) atoms. The van der Waals surface area contributed by atoms with Crippen LogP contribution in [0.3, 0.4) is 0 Å². The number of rotatable bonds is 4. The van der Waals surface area contributed by atoms with Crippen LogP contribution in [0.2, 0.25) is 0 Å². The molecule has 112 valence electrons. The first-order chi connectivity index (χ1) is 9.38. The molecule has 0 saturated carbocycles. The van der Waals surface area contributed by atoms with Gasteiger partial charge in [0.05, 0.1) is 0 Å². The SMILES string of the molecule is CCNc1nc(NC2CCN(C)C2)cc(C(F)(F)F)n1. The van der Waals surface area contributed by atoms with Gasteiger partial charge in [0.25, 0.3) is 0 Å². The molecule has 2 heterocycles. The Morgan fingerprint density at radius 1 is 1.40 bits per heavy atom. The molecule has 1 aliphatic rings. The van der Waals surface area contributed by atoms with Crippen LogP contribution in [0.5, 0.6) is 0 Å². The van der Waals surface area contributed by atoms with Crippen molar-refractivity contribution in [1.29, 1.82) is 0 Å². The second kappa shape index (κ2) is 5.82. The molecule has 0 spiro atoms. The Balaban J connectivity index is 2.20. The zero-order valence-electron chi connectivity index (χ0n) is 11.5. The molecule has 1 aliphatic heterocycles. The van der Waals surface area contributed by atoms with Crippen LogP contribution in [-0.2, 0) is 6.18 Å². The van der Waals surface area contributed by atoms with Crippen molar-refractivity contribution in [1.82, 2.24) is 14.9 Å². The fourth-order valence-corrected chi connectivity index (χ4v) is 2.17. The number of anilines is 2. The number of likely N-dealkylation sites (N-methyl/N-ethyl adjacent to an activating group) is 1. The smallest absolute Gasteiger partial charge is 0.366 e. The monoisotopic (exact) mass is 289 g/mol. The van der Waals surface area contributed by atoms with Crippen molar-refractivity contribution in [3.8, 4) is 0 Å². The average Bonchev–Trinajstić information content (AvgIpc) is 2.74. The van der Waals surface area contributed by atoms with E-state index in [0.29, 0.717) is 6.54 Å². The first-order valence-electron chi connectivity index (χ1n) is 6.53. The van der Waals surface area contributed by atoms with Gasteiger partial charge in [0.2, 0.25) is 5.95 Å². The Kier molecular flexibility index (Phi) is 4.32. The second-order valence-corrected chi connectivity index (χ2v) is 4.88. The third-order valence-corrected chi connectivity index (χ3v) is 3.09. The fourth-order valence-electron chi connectivity index (χ4n) is 2.17. The summed E-state index contributed by atoms with van der Waals surface area (Å²) in [6, 6.07) is 1.07. The van der Waals surface area contributed by atoms with Crippen LogP contribution in [0.1, 0.15) is 19.0 Å². The van der Waals surface area contributed by atoms with Gasteiger partial charge in [0.15, 0.2) is 5.69 Å². The lowest BCUT2D eigenvalue weighted by molar-refractivity contribution is -0.141. The third kappa shape index (κ3) is 3.72. The topological polar surface area (TPSA) is 53.1 Å². The van der Waals surface area contributed by atoms with Crippen LogP contribution in [0.15, 0.2) is 6.07 Å². The van der Waals surface area contributed by atoms with Crippen molar-refractivity contribution in [3.05, 3.63) is 11.8 Å². The van der Waals surface area contributed by atoms with Crippen LogP contribution in [-0.4, -0.2) is 47.6 Å². The zero-order chi connectivity index (χ0) is 14.8. The Morgan fingerprint density at radius 2 is 2.15 bits per heavy atom. The number of aromatic nitrogens is 2. The molecule has 1 aromatic heterocycles. The summed E-state index contributed by atoms with van der Waals surface area (Å²) in [7, 11) is 1.98. The molecule has 2 N–H and O–H groups in total. The molecule has 0 aromatic carbocycles. The fraction of sp³-hybridized carbons (Fsp3) is 0.667. The molecule has 0 bridgehead atoms. The van der Waals surface area contributed by atoms with Gasteiger partial charge in [-0.3, -0.25) is 0 Å². The molecule has 8 heteroatoms.